The number of hydrogen-bond donors (Lipinski definition) is 0. The molecule has 0 spiro atoms. The van der Waals surface area contributed by atoms with Crippen LogP contribution in [0.4, 0.5) is 0 Å². The van der Waals surface area contributed by atoms with Crippen LogP contribution in [0.25, 0.3) is 0 Å². The molecule has 5 rings (SSSR count). The SMILES string of the molecule is CC(C)C[C@@H](C(=O)N1C[C@@H]2C[C@H](C1)c1cccc(=O)n1C2)N1C(=O)c2ccccc2C1=O. The third kappa shape index (κ3) is 3.27. The summed E-state index contributed by atoms with van der Waals surface area (Å²) in [5.74, 6) is -0.543. The molecule has 3 aliphatic heterocycles. The Morgan fingerprint density at radius 3 is 2.28 bits per heavy atom. The van der Waals surface area contributed by atoms with Crippen LogP contribution in [0.1, 0.15) is 59.0 Å². The van der Waals surface area contributed by atoms with Gasteiger partial charge in [0.2, 0.25) is 5.91 Å². The van der Waals surface area contributed by atoms with E-state index < -0.39 is 17.9 Å². The van der Waals surface area contributed by atoms with Crippen LogP contribution in [0, 0.1) is 11.8 Å². The zero-order valence-electron chi connectivity index (χ0n) is 18.4. The first kappa shape index (κ1) is 20.7. The third-order valence-corrected chi connectivity index (χ3v) is 6.91. The van der Waals surface area contributed by atoms with Crippen molar-refractivity contribution >= 4 is 17.7 Å². The highest BCUT2D eigenvalue weighted by Crippen LogP contribution is 2.36. The predicted molar refractivity (Wildman–Crippen MR) is 118 cm³/mol. The first-order valence-electron chi connectivity index (χ1n) is 11.3. The van der Waals surface area contributed by atoms with Crippen LogP contribution in [0.5, 0.6) is 0 Å². The Hall–Kier alpha value is -3.22. The normalized spacial score (nSPS) is 22.7. The molecule has 1 aromatic carbocycles. The monoisotopic (exact) mass is 433 g/mol. The molecule has 3 aliphatic rings. The average Bonchev–Trinajstić information content (AvgIpc) is 3.02. The van der Waals surface area contributed by atoms with E-state index in [1.165, 1.54) is 4.90 Å². The largest absolute Gasteiger partial charge is 0.340 e. The lowest BCUT2D eigenvalue weighted by atomic mass is 9.82. The van der Waals surface area contributed by atoms with Crippen LogP contribution in [-0.2, 0) is 11.3 Å². The molecule has 32 heavy (non-hydrogen) atoms. The van der Waals surface area contributed by atoms with Crippen molar-refractivity contribution in [1.82, 2.24) is 14.4 Å². The molecule has 7 nitrogen and oxygen atoms in total. The lowest BCUT2D eigenvalue weighted by Crippen LogP contribution is -2.56. The fraction of sp³-hybridized carbons (Fsp3) is 0.440. The van der Waals surface area contributed by atoms with Crippen molar-refractivity contribution < 1.29 is 14.4 Å². The molecule has 0 saturated carbocycles. The van der Waals surface area contributed by atoms with E-state index in [2.05, 4.69) is 0 Å². The molecular formula is C25H27N3O4. The van der Waals surface area contributed by atoms with Gasteiger partial charge in [0.15, 0.2) is 0 Å². The van der Waals surface area contributed by atoms with Gasteiger partial charge in [0, 0.05) is 37.3 Å². The van der Waals surface area contributed by atoms with E-state index in [0.29, 0.717) is 37.2 Å². The zero-order chi connectivity index (χ0) is 22.6. The summed E-state index contributed by atoms with van der Waals surface area (Å²) in [4.78, 5) is 55.3. The quantitative estimate of drug-likeness (QED) is 0.694. The number of nitrogens with zero attached hydrogens (tertiary/aromatic N) is 3. The second-order valence-electron chi connectivity index (χ2n) is 9.61. The first-order valence-corrected chi connectivity index (χ1v) is 11.3. The van der Waals surface area contributed by atoms with Crippen molar-refractivity contribution in [2.45, 2.75) is 45.2 Å². The molecule has 0 unspecified atom stereocenters. The number of benzene rings is 1. The number of carbonyl (C=O) groups excluding carboxylic acids is 3. The molecular weight excluding hydrogens is 406 g/mol. The third-order valence-electron chi connectivity index (χ3n) is 6.91. The first-order chi connectivity index (χ1) is 15.3. The second kappa shape index (κ2) is 7.73. The molecule has 166 valence electrons. The second-order valence-corrected chi connectivity index (χ2v) is 9.61. The van der Waals surface area contributed by atoms with Gasteiger partial charge in [-0.3, -0.25) is 24.1 Å². The molecule has 0 aliphatic carbocycles. The number of fused-ring (bicyclic) bond motifs is 5. The van der Waals surface area contributed by atoms with Crippen LogP contribution >= 0.6 is 0 Å². The smallest absolute Gasteiger partial charge is 0.262 e. The van der Waals surface area contributed by atoms with Gasteiger partial charge in [-0.25, -0.2) is 0 Å². The van der Waals surface area contributed by atoms with Crippen molar-refractivity contribution in [1.29, 1.82) is 0 Å². The number of imide groups is 1. The molecule has 0 N–H and O–H groups in total. The molecule has 3 amide bonds. The van der Waals surface area contributed by atoms with Crippen LogP contribution in [0.15, 0.2) is 47.3 Å². The minimum Gasteiger partial charge on any atom is -0.340 e. The van der Waals surface area contributed by atoms with Gasteiger partial charge in [-0.05, 0) is 42.9 Å². The molecule has 4 heterocycles. The van der Waals surface area contributed by atoms with E-state index in [9.17, 15) is 19.2 Å². The maximum Gasteiger partial charge on any atom is 0.262 e. The fourth-order valence-electron chi connectivity index (χ4n) is 5.54. The van der Waals surface area contributed by atoms with Gasteiger partial charge >= 0.3 is 0 Å². The summed E-state index contributed by atoms with van der Waals surface area (Å²) in [5, 5.41) is 0. The van der Waals surface area contributed by atoms with Crippen molar-refractivity contribution in [2.75, 3.05) is 13.1 Å². The Kier molecular flexibility index (Phi) is 4.99. The Bertz CT molecular complexity index is 1130. The number of pyridine rings is 1. The van der Waals surface area contributed by atoms with E-state index in [1.807, 2.05) is 29.4 Å². The number of amides is 3. The Balaban J connectivity index is 1.45. The van der Waals surface area contributed by atoms with E-state index in [0.717, 1.165) is 12.1 Å². The zero-order valence-corrected chi connectivity index (χ0v) is 18.4. The predicted octanol–water partition coefficient (Wildman–Crippen LogP) is 2.50. The molecule has 1 fully saturated rings. The Morgan fingerprint density at radius 1 is 0.938 bits per heavy atom. The molecule has 0 radical (unpaired) electrons. The van der Waals surface area contributed by atoms with Gasteiger partial charge in [-0.15, -0.1) is 0 Å². The lowest BCUT2D eigenvalue weighted by Gasteiger charge is -2.44. The summed E-state index contributed by atoms with van der Waals surface area (Å²) in [6.07, 6.45) is 1.36. The summed E-state index contributed by atoms with van der Waals surface area (Å²) in [6.45, 7) is 5.61. The standard InChI is InChI=1S/C25H27N3O4/c1-15(2)10-21(28-23(30)18-6-3-4-7-19(18)24(28)31)25(32)26-12-16-11-17(14-26)20-8-5-9-22(29)27(20)13-16/h3-9,15-17,21H,10-14H2,1-2H3/t16-,17+,21-/m0/s1. The van der Waals surface area contributed by atoms with Crippen LogP contribution in [0.2, 0.25) is 0 Å². The van der Waals surface area contributed by atoms with Gasteiger partial charge in [0.25, 0.3) is 17.4 Å². The van der Waals surface area contributed by atoms with Crippen molar-refractivity contribution in [2.24, 2.45) is 11.8 Å². The van der Waals surface area contributed by atoms with Crippen molar-refractivity contribution in [3.8, 4) is 0 Å². The van der Waals surface area contributed by atoms with Crippen molar-refractivity contribution in [3.05, 3.63) is 69.6 Å². The number of carbonyl (C=O) groups is 3. The topological polar surface area (TPSA) is 79.7 Å². The van der Waals surface area contributed by atoms with Crippen LogP contribution < -0.4 is 5.56 Å². The molecule has 2 bridgehead atoms. The summed E-state index contributed by atoms with van der Waals surface area (Å²) in [7, 11) is 0. The minimum atomic E-state index is -0.820. The van der Waals surface area contributed by atoms with E-state index in [4.69, 9.17) is 0 Å². The maximum atomic E-state index is 13.8. The Labute approximate surface area is 186 Å². The summed E-state index contributed by atoms with van der Waals surface area (Å²) < 4.78 is 1.83. The molecule has 1 aromatic heterocycles. The summed E-state index contributed by atoms with van der Waals surface area (Å²) >= 11 is 0. The Morgan fingerprint density at radius 2 is 1.62 bits per heavy atom. The molecule has 2 aromatic rings. The highest BCUT2D eigenvalue weighted by molar-refractivity contribution is 6.22. The number of piperidine rings is 1. The highest BCUT2D eigenvalue weighted by atomic mass is 16.2. The van der Waals surface area contributed by atoms with Crippen LogP contribution in [-0.4, -0.2) is 51.2 Å². The maximum absolute atomic E-state index is 13.8. The van der Waals surface area contributed by atoms with E-state index in [1.54, 1.807) is 36.4 Å². The van der Waals surface area contributed by atoms with Gasteiger partial charge in [0.05, 0.1) is 11.1 Å². The van der Waals surface area contributed by atoms with Crippen molar-refractivity contribution in [3.63, 3.8) is 0 Å². The number of hydrogen-bond acceptors (Lipinski definition) is 4. The summed E-state index contributed by atoms with van der Waals surface area (Å²) in [5.41, 5.74) is 1.69. The molecule has 7 heteroatoms. The van der Waals surface area contributed by atoms with Gasteiger partial charge in [-0.2, -0.15) is 0 Å². The minimum absolute atomic E-state index is 0.000635. The van der Waals surface area contributed by atoms with Gasteiger partial charge < -0.3 is 9.47 Å². The lowest BCUT2D eigenvalue weighted by molar-refractivity contribution is -0.138. The van der Waals surface area contributed by atoms with Gasteiger partial charge in [0.1, 0.15) is 6.04 Å². The number of likely N-dealkylation sites (tertiary alicyclic amines) is 1. The van der Waals surface area contributed by atoms with E-state index in [-0.39, 0.29) is 29.2 Å². The highest BCUT2D eigenvalue weighted by Gasteiger charge is 2.45. The molecule has 3 atom stereocenters. The number of aromatic nitrogens is 1. The van der Waals surface area contributed by atoms with Crippen LogP contribution in [0.3, 0.4) is 0 Å². The van der Waals surface area contributed by atoms with E-state index >= 15 is 0 Å². The average molecular weight is 434 g/mol. The molecule has 1 saturated heterocycles. The summed E-state index contributed by atoms with van der Waals surface area (Å²) in [6, 6.07) is 11.3. The van der Waals surface area contributed by atoms with Gasteiger partial charge in [-0.1, -0.05) is 32.0 Å². The number of rotatable bonds is 4. The fourth-order valence-corrected chi connectivity index (χ4v) is 5.54.